The number of nitrogens with zero attached hydrogens (tertiary/aromatic N) is 2. The highest BCUT2D eigenvalue weighted by Crippen LogP contribution is 2.22. The number of rotatable bonds is 6. The van der Waals surface area contributed by atoms with E-state index in [-0.39, 0.29) is 5.57 Å². The first-order valence-electron chi connectivity index (χ1n) is 7.60. The van der Waals surface area contributed by atoms with Crippen molar-refractivity contribution in [2.45, 2.75) is 0 Å². The number of nitrogens with one attached hydrogen (secondary N) is 2. The number of benzene rings is 1. The number of anilines is 2. The zero-order valence-electron chi connectivity index (χ0n) is 13.2. The Kier molecular flexibility index (Phi) is 6.88. The highest BCUT2D eigenvalue weighted by Gasteiger charge is 2.11. The van der Waals surface area contributed by atoms with Gasteiger partial charge in [0.1, 0.15) is 11.6 Å². The van der Waals surface area contributed by atoms with Gasteiger partial charge in [-0.25, -0.2) is 0 Å². The van der Waals surface area contributed by atoms with Crippen LogP contribution in [0.25, 0.3) is 0 Å². The standard InChI is InChI=1S/C16H20ClN5O2/c17-14-9-13(1-2-15(14)19)21-16(23)12(10-18)11-20-3-4-22-5-7-24-8-6-22/h1-2,9,11,20H,3-8,19H2,(H,21,23)/b12-11-. The molecule has 1 aromatic rings. The number of carbonyl (C=O) groups is 1. The van der Waals surface area contributed by atoms with E-state index in [2.05, 4.69) is 15.5 Å². The predicted octanol–water partition coefficient (Wildman–Crippen LogP) is 1.19. The zero-order chi connectivity index (χ0) is 17.4. The summed E-state index contributed by atoms with van der Waals surface area (Å²) < 4.78 is 5.28. The van der Waals surface area contributed by atoms with Crippen molar-refractivity contribution in [3.63, 3.8) is 0 Å². The van der Waals surface area contributed by atoms with Crippen LogP contribution in [0.4, 0.5) is 11.4 Å². The zero-order valence-corrected chi connectivity index (χ0v) is 14.0. The van der Waals surface area contributed by atoms with E-state index in [1.165, 1.54) is 12.3 Å². The number of nitrogen functional groups attached to an aromatic ring is 1. The van der Waals surface area contributed by atoms with Crippen molar-refractivity contribution in [2.24, 2.45) is 0 Å². The number of hydrogen-bond acceptors (Lipinski definition) is 6. The summed E-state index contributed by atoms with van der Waals surface area (Å²) in [4.78, 5) is 14.3. The molecule has 1 aliphatic heterocycles. The summed E-state index contributed by atoms with van der Waals surface area (Å²) >= 11 is 5.91. The summed E-state index contributed by atoms with van der Waals surface area (Å²) in [5, 5.41) is 15.1. The van der Waals surface area contributed by atoms with Crippen molar-refractivity contribution < 1.29 is 9.53 Å². The maximum Gasteiger partial charge on any atom is 0.267 e. The van der Waals surface area contributed by atoms with E-state index in [1.54, 1.807) is 12.1 Å². The first kappa shape index (κ1) is 18.1. The summed E-state index contributed by atoms with van der Waals surface area (Å²) in [6.45, 7) is 4.75. The molecule has 0 atom stereocenters. The highest BCUT2D eigenvalue weighted by molar-refractivity contribution is 6.33. The maximum absolute atomic E-state index is 12.1. The molecule has 0 saturated carbocycles. The van der Waals surface area contributed by atoms with Crippen molar-refractivity contribution in [2.75, 3.05) is 50.4 Å². The maximum atomic E-state index is 12.1. The van der Waals surface area contributed by atoms with Gasteiger partial charge >= 0.3 is 0 Å². The molecule has 8 heteroatoms. The van der Waals surface area contributed by atoms with Gasteiger partial charge in [0.05, 0.1) is 23.9 Å². The number of nitrogens with two attached hydrogens (primary N) is 1. The Morgan fingerprint density at radius 2 is 2.21 bits per heavy atom. The molecule has 0 bridgehead atoms. The Labute approximate surface area is 146 Å². The predicted molar refractivity (Wildman–Crippen MR) is 93.5 cm³/mol. The summed E-state index contributed by atoms with van der Waals surface area (Å²) in [5.41, 5.74) is 6.52. The first-order chi connectivity index (χ1) is 11.6. The van der Waals surface area contributed by atoms with E-state index in [9.17, 15) is 4.79 Å². The lowest BCUT2D eigenvalue weighted by atomic mass is 10.2. The van der Waals surface area contributed by atoms with Crippen LogP contribution in [-0.2, 0) is 9.53 Å². The molecular formula is C16H20ClN5O2. The van der Waals surface area contributed by atoms with Gasteiger partial charge in [-0.1, -0.05) is 11.6 Å². The van der Waals surface area contributed by atoms with Gasteiger partial charge in [0.2, 0.25) is 0 Å². The summed E-state index contributed by atoms with van der Waals surface area (Å²) in [6, 6.07) is 6.64. The largest absolute Gasteiger partial charge is 0.398 e. The van der Waals surface area contributed by atoms with Crippen LogP contribution in [0.2, 0.25) is 5.02 Å². The lowest BCUT2D eigenvalue weighted by Gasteiger charge is -2.26. The lowest BCUT2D eigenvalue weighted by Crippen LogP contribution is -2.39. The SMILES string of the molecule is N#C/C(=C/NCCN1CCOCC1)C(=O)Nc1ccc(N)c(Cl)c1. The van der Waals surface area contributed by atoms with Crippen LogP contribution in [0.5, 0.6) is 0 Å². The molecule has 1 aliphatic rings. The topological polar surface area (TPSA) is 103 Å². The Hall–Kier alpha value is -2.27. The van der Waals surface area contributed by atoms with Crippen molar-refractivity contribution in [1.82, 2.24) is 10.2 Å². The number of halogens is 1. The average Bonchev–Trinajstić information content (AvgIpc) is 2.59. The van der Waals surface area contributed by atoms with Gasteiger partial charge < -0.3 is 21.1 Å². The Balaban J connectivity index is 1.83. The smallest absolute Gasteiger partial charge is 0.267 e. The second-order valence-corrected chi connectivity index (χ2v) is 5.68. The van der Waals surface area contributed by atoms with E-state index in [0.717, 1.165) is 32.8 Å². The minimum absolute atomic E-state index is 0.00933. The fourth-order valence-corrected chi connectivity index (χ4v) is 2.35. The Bertz CT molecular complexity index is 650. The monoisotopic (exact) mass is 349 g/mol. The van der Waals surface area contributed by atoms with Crippen LogP contribution in [0.15, 0.2) is 30.0 Å². The third kappa shape index (κ3) is 5.42. The summed E-state index contributed by atoms with van der Waals surface area (Å²) in [5.74, 6) is -0.503. The second kappa shape index (κ2) is 9.13. The normalized spacial score (nSPS) is 15.6. The van der Waals surface area contributed by atoms with Gasteiger partial charge in [-0.15, -0.1) is 0 Å². The van der Waals surface area contributed by atoms with Crippen molar-refractivity contribution in [1.29, 1.82) is 5.26 Å². The van der Waals surface area contributed by atoms with Gasteiger partial charge in [0.15, 0.2) is 0 Å². The van der Waals surface area contributed by atoms with Crippen molar-refractivity contribution in [3.05, 3.63) is 35.0 Å². The molecule has 1 fully saturated rings. The number of amides is 1. The van der Waals surface area contributed by atoms with E-state index < -0.39 is 5.91 Å². The van der Waals surface area contributed by atoms with Crippen LogP contribution in [0.1, 0.15) is 0 Å². The molecule has 0 unspecified atom stereocenters. The molecule has 24 heavy (non-hydrogen) atoms. The van der Waals surface area contributed by atoms with E-state index in [1.807, 2.05) is 6.07 Å². The Morgan fingerprint density at radius 3 is 2.88 bits per heavy atom. The van der Waals surface area contributed by atoms with E-state index >= 15 is 0 Å². The molecule has 0 spiro atoms. The molecule has 7 nitrogen and oxygen atoms in total. The van der Waals surface area contributed by atoms with Crippen LogP contribution < -0.4 is 16.4 Å². The minimum Gasteiger partial charge on any atom is -0.398 e. The molecule has 4 N–H and O–H groups in total. The number of hydrogen-bond donors (Lipinski definition) is 3. The molecule has 2 rings (SSSR count). The second-order valence-electron chi connectivity index (χ2n) is 5.27. The van der Waals surface area contributed by atoms with Crippen LogP contribution in [-0.4, -0.2) is 50.2 Å². The van der Waals surface area contributed by atoms with Crippen LogP contribution in [0.3, 0.4) is 0 Å². The number of nitriles is 1. The van der Waals surface area contributed by atoms with Crippen LogP contribution in [0, 0.1) is 11.3 Å². The third-order valence-corrected chi connectivity index (χ3v) is 3.87. The van der Waals surface area contributed by atoms with Crippen LogP contribution >= 0.6 is 11.6 Å². The van der Waals surface area contributed by atoms with Gasteiger partial charge in [-0.2, -0.15) is 5.26 Å². The molecule has 1 saturated heterocycles. The summed E-state index contributed by atoms with van der Waals surface area (Å²) in [6.07, 6.45) is 1.43. The number of morpholine rings is 1. The quantitative estimate of drug-likeness (QED) is 0.308. The molecule has 128 valence electrons. The summed E-state index contributed by atoms with van der Waals surface area (Å²) in [7, 11) is 0. The Morgan fingerprint density at radius 1 is 1.46 bits per heavy atom. The molecule has 1 aromatic carbocycles. The molecular weight excluding hydrogens is 330 g/mol. The van der Waals surface area contributed by atoms with Crippen molar-refractivity contribution in [3.8, 4) is 6.07 Å². The fraction of sp³-hybridized carbons (Fsp3) is 0.375. The molecule has 0 radical (unpaired) electrons. The van der Waals surface area contributed by atoms with E-state index in [0.29, 0.717) is 22.9 Å². The van der Waals surface area contributed by atoms with Crippen molar-refractivity contribution >= 4 is 28.9 Å². The number of ether oxygens (including phenoxy) is 1. The van der Waals surface area contributed by atoms with E-state index in [4.69, 9.17) is 27.3 Å². The molecule has 0 aromatic heterocycles. The first-order valence-corrected chi connectivity index (χ1v) is 7.98. The lowest BCUT2D eigenvalue weighted by molar-refractivity contribution is -0.112. The average molecular weight is 350 g/mol. The molecule has 1 heterocycles. The molecule has 1 amide bonds. The van der Waals surface area contributed by atoms with Gasteiger partial charge in [0, 0.05) is 38.1 Å². The highest BCUT2D eigenvalue weighted by atomic mass is 35.5. The van der Waals surface area contributed by atoms with Gasteiger partial charge in [0.25, 0.3) is 5.91 Å². The van der Waals surface area contributed by atoms with Gasteiger partial charge in [-0.05, 0) is 18.2 Å². The fourth-order valence-electron chi connectivity index (χ4n) is 2.17. The molecule has 0 aliphatic carbocycles. The third-order valence-electron chi connectivity index (χ3n) is 3.55. The minimum atomic E-state index is -0.503. The number of carbonyl (C=O) groups excluding carboxylic acids is 1. The van der Waals surface area contributed by atoms with Gasteiger partial charge in [-0.3, -0.25) is 9.69 Å².